The normalized spacial score (nSPS) is 8.00. The van der Waals surface area contributed by atoms with Gasteiger partial charge in [0.25, 0.3) is 0 Å². The largest absolute Gasteiger partial charge is 1.00 e. The van der Waals surface area contributed by atoms with Gasteiger partial charge in [0.1, 0.15) is 11.0 Å². The van der Waals surface area contributed by atoms with Gasteiger partial charge in [-0.25, -0.2) is 9.48 Å². The number of amidine groups is 1. The van der Waals surface area contributed by atoms with Gasteiger partial charge in [0, 0.05) is 8.41 Å². The molecule has 0 atom stereocenters. The third kappa shape index (κ3) is 5.58. The molecule has 1 aromatic heterocycles. The number of para-hydroxylation sites is 1. The van der Waals surface area contributed by atoms with Crippen LogP contribution < -0.4 is 9.54 Å². The van der Waals surface area contributed by atoms with Gasteiger partial charge in [-0.05, 0) is 17.3 Å². The lowest BCUT2D eigenvalue weighted by atomic mass is 10.3. The average molecular weight is 324 g/mol. The first-order chi connectivity index (χ1) is 8.09. The van der Waals surface area contributed by atoms with Crippen LogP contribution >= 0.6 is 0 Å². The molecule has 0 unspecified atom stereocenters. The Morgan fingerprint density at radius 1 is 1.14 bits per heavy atom. The maximum Gasteiger partial charge on any atom is 0.471 e. The lowest BCUT2D eigenvalue weighted by Gasteiger charge is -2.10. The molecule has 0 spiro atoms. The van der Waals surface area contributed by atoms with Crippen molar-refractivity contribution >= 4 is 25.5 Å². The maximum absolute atomic E-state index is 5.70. The number of fused-ring (bicyclic) bond motifs is 1. The molecule has 0 aliphatic rings. The summed E-state index contributed by atoms with van der Waals surface area (Å²) in [5, 5.41) is 8.00. The van der Waals surface area contributed by atoms with Crippen molar-refractivity contribution in [2.24, 2.45) is 0 Å². The van der Waals surface area contributed by atoms with E-state index in [4.69, 9.17) is 4.84 Å². The molecule has 6 nitrogen and oxygen atoms in total. The van der Waals surface area contributed by atoms with Gasteiger partial charge in [-0.1, -0.05) is 17.0 Å². The molecule has 0 N–H and O–H groups in total. The van der Waals surface area contributed by atoms with Crippen LogP contribution in [0.1, 0.15) is 0 Å². The van der Waals surface area contributed by atoms with Crippen LogP contribution in [-0.4, -0.2) is 67.3 Å². The molecule has 125 valence electrons. The molecule has 22 heavy (non-hydrogen) atoms. The number of benzene rings is 1. The molecule has 3 radical (unpaired) electrons. The van der Waals surface area contributed by atoms with Gasteiger partial charge >= 0.3 is 6.02 Å². The van der Waals surface area contributed by atoms with Crippen LogP contribution in [0.5, 0.6) is 0 Å². The van der Waals surface area contributed by atoms with Crippen molar-refractivity contribution in [3.63, 3.8) is 0 Å². The number of hydrogen-bond donors (Lipinski definition) is 0. The summed E-state index contributed by atoms with van der Waals surface area (Å²) in [5.74, 6) is 0. The Morgan fingerprint density at radius 2 is 1.68 bits per heavy atom. The minimum absolute atomic E-state index is 0. The quantitative estimate of drug-likeness (QED) is 0.186. The summed E-state index contributed by atoms with van der Waals surface area (Å²) in [4.78, 5) is 8.99. The number of hydrogen-bond acceptors (Lipinski definition) is 3. The van der Waals surface area contributed by atoms with Crippen molar-refractivity contribution in [3.05, 3.63) is 24.3 Å². The van der Waals surface area contributed by atoms with Crippen LogP contribution in [0.2, 0.25) is 0 Å². The molecule has 1 heterocycles. The minimum atomic E-state index is 0. The Kier molecular flexibility index (Phi) is 14.4. The average Bonchev–Trinajstić information content (AvgIpc) is 2.68. The van der Waals surface area contributed by atoms with Crippen LogP contribution in [0.25, 0.3) is 11.0 Å². The summed E-state index contributed by atoms with van der Waals surface area (Å²) in [7, 11) is 7.64. The molecule has 11 heteroatoms. The van der Waals surface area contributed by atoms with E-state index in [0.717, 1.165) is 11.0 Å². The van der Waals surface area contributed by atoms with Gasteiger partial charge in [0.2, 0.25) is 0 Å². The second-order valence-corrected chi connectivity index (χ2v) is 4.11. The van der Waals surface area contributed by atoms with E-state index in [1.54, 1.807) is 0 Å². The fraction of sp³-hybridized carbons (Fsp3) is 0.364. The molecular weight excluding hydrogens is 305 g/mol. The number of rotatable bonds is 1. The molecule has 2 aromatic rings. The summed E-state index contributed by atoms with van der Waals surface area (Å²) < 4.78 is 1.87. The predicted octanol–water partition coefficient (Wildman–Crippen LogP) is -2.87. The predicted molar refractivity (Wildman–Crippen MR) is 78.2 cm³/mol. The molecule has 0 saturated carbocycles. The number of aromatic nitrogens is 3. The molecule has 0 aliphatic heterocycles. The lowest BCUT2D eigenvalue weighted by Crippen LogP contribution is -3.00. The number of nitrogens with zero attached hydrogens (tertiary/aromatic N) is 5. The Hall–Kier alpha value is -2.33. The zero-order valence-electron chi connectivity index (χ0n) is 12.6. The molecule has 0 saturated heterocycles. The Balaban J connectivity index is -0.000000324. The second kappa shape index (κ2) is 11.3. The minimum Gasteiger partial charge on any atom is -1.00 e. The molecule has 0 aliphatic carbocycles. The van der Waals surface area contributed by atoms with E-state index in [9.17, 15) is 0 Å². The van der Waals surface area contributed by atoms with Gasteiger partial charge in [0.05, 0.1) is 28.2 Å². The highest BCUT2D eigenvalue weighted by Gasteiger charge is 2.17. The summed E-state index contributed by atoms with van der Waals surface area (Å²) in [6.45, 7) is 0. The smallest absolute Gasteiger partial charge is 0.471 e. The van der Waals surface area contributed by atoms with E-state index >= 15 is 0 Å². The van der Waals surface area contributed by atoms with E-state index in [0.29, 0.717) is 6.02 Å². The summed E-state index contributed by atoms with van der Waals surface area (Å²) in [5.41, 5.74) is 1.65. The van der Waals surface area contributed by atoms with Gasteiger partial charge < -0.3 is 4.70 Å². The van der Waals surface area contributed by atoms with Gasteiger partial charge in [-0.2, -0.15) is 0 Å². The molecule has 0 fully saturated rings. The summed E-state index contributed by atoms with van der Waals surface area (Å²) in [6.07, 6.45) is 0. The highest BCUT2D eigenvalue weighted by molar-refractivity contribution is 5.76. The van der Waals surface area contributed by atoms with Crippen molar-refractivity contribution in [1.82, 2.24) is 20.1 Å². The topological polar surface area (TPSA) is 46.2 Å². The van der Waals surface area contributed by atoms with Crippen molar-refractivity contribution < 1.29 is 28.2 Å². The molecule has 2 rings (SSSR count). The third-order valence-electron chi connectivity index (χ3n) is 2.25. The first kappa shape index (κ1) is 27.9. The van der Waals surface area contributed by atoms with Crippen molar-refractivity contribution in [1.29, 1.82) is 0 Å². The van der Waals surface area contributed by atoms with E-state index in [1.807, 2.05) is 61.9 Å². The van der Waals surface area contributed by atoms with Crippen LogP contribution in [0.3, 0.4) is 0 Å². The first-order valence-electron chi connectivity index (χ1n) is 5.30. The zero-order valence-corrected chi connectivity index (χ0v) is 12.6. The Bertz CT molecular complexity index is 574. The monoisotopic (exact) mass is 324 g/mol. The van der Waals surface area contributed by atoms with Gasteiger partial charge in [0.15, 0.2) is 0 Å². The first-order valence-corrected chi connectivity index (χ1v) is 5.30. The third-order valence-corrected chi connectivity index (χ3v) is 2.25. The van der Waals surface area contributed by atoms with Gasteiger partial charge in [-0.3, -0.25) is 19.0 Å². The van der Waals surface area contributed by atoms with E-state index in [-0.39, 0.29) is 27.2 Å². The fourth-order valence-corrected chi connectivity index (χ4v) is 1.56. The molecule has 1 aromatic carbocycles. The highest BCUT2D eigenvalue weighted by Crippen LogP contribution is 2.08. The van der Waals surface area contributed by atoms with Crippen LogP contribution in [0.4, 0.5) is 14.1 Å². The van der Waals surface area contributed by atoms with Crippen molar-refractivity contribution in [2.75, 3.05) is 28.2 Å². The highest BCUT2D eigenvalue weighted by atomic mass is 19.0. The maximum atomic E-state index is 5.70. The second-order valence-electron chi connectivity index (χ2n) is 4.11. The standard InChI is InChI=1S/C11H16N5O.B.4FH/c1-14(2)11(15(3)4)17-16-10-8-6-5-7-9(10)12-13-16;;;;;/h5-8H,1-4H3;;4*1H/q+1;;;;;/p-1. The van der Waals surface area contributed by atoms with Crippen molar-refractivity contribution in [3.8, 4) is 0 Å². The van der Waals surface area contributed by atoms with Crippen LogP contribution in [-0.2, 0) is 0 Å². The van der Waals surface area contributed by atoms with Crippen molar-refractivity contribution in [2.45, 2.75) is 0 Å². The van der Waals surface area contributed by atoms with Gasteiger partial charge in [-0.15, -0.1) is 5.10 Å². The van der Waals surface area contributed by atoms with E-state index in [2.05, 4.69) is 10.3 Å². The Labute approximate surface area is 127 Å². The summed E-state index contributed by atoms with van der Waals surface area (Å²) in [6, 6.07) is 8.34. The van der Waals surface area contributed by atoms with Crippen LogP contribution in [0, 0.1) is 0 Å². The van der Waals surface area contributed by atoms with E-state index < -0.39 is 0 Å². The summed E-state index contributed by atoms with van der Waals surface area (Å²) >= 11 is 0. The molecule has 0 amide bonds. The Morgan fingerprint density at radius 3 is 2.18 bits per heavy atom. The fourth-order valence-electron chi connectivity index (χ4n) is 1.56. The SMILES string of the molecule is CN(C)C(On1nnc2ccccc21)=[N+](C)C.F.F.F.[B].[F-]. The zero-order chi connectivity index (χ0) is 12.4. The number of halogens is 4. The van der Waals surface area contributed by atoms with Crippen LogP contribution in [0.15, 0.2) is 24.3 Å². The van der Waals surface area contributed by atoms with E-state index in [1.165, 1.54) is 4.85 Å². The molecular formula is C11H19BF4N5O. The lowest BCUT2D eigenvalue weighted by molar-refractivity contribution is -0.480. The molecule has 0 bridgehead atoms.